The van der Waals surface area contributed by atoms with Crippen molar-refractivity contribution < 1.29 is 19.2 Å². The molecule has 0 aliphatic heterocycles. The summed E-state index contributed by atoms with van der Waals surface area (Å²) in [5.74, 6) is -0.0425. The molecule has 1 aromatic heterocycles. The first-order valence-electron chi connectivity index (χ1n) is 9.98. The fourth-order valence-electron chi connectivity index (χ4n) is 2.92. The van der Waals surface area contributed by atoms with E-state index in [0.29, 0.717) is 17.2 Å². The third-order valence-corrected chi connectivity index (χ3v) is 4.96. The molecule has 1 heterocycles. The maximum atomic E-state index is 12.8. The number of nitrogens with zero attached hydrogens (tertiary/aromatic N) is 2. The lowest BCUT2D eigenvalue weighted by Crippen LogP contribution is -2.47. The summed E-state index contributed by atoms with van der Waals surface area (Å²) in [5, 5.41) is 16.2. The van der Waals surface area contributed by atoms with E-state index in [1.165, 1.54) is 12.1 Å². The van der Waals surface area contributed by atoms with E-state index in [4.69, 9.17) is 16.3 Å². The van der Waals surface area contributed by atoms with Crippen molar-refractivity contribution in [1.82, 2.24) is 10.3 Å². The summed E-state index contributed by atoms with van der Waals surface area (Å²) in [4.78, 5) is 39.7. The van der Waals surface area contributed by atoms with Gasteiger partial charge in [0.1, 0.15) is 17.5 Å². The van der Waals surface area contributed by atoms with Crippen molar-refractivity contribution in [3.63, 3.8) is 0 Å². The van der Waals surface area contributed by atoms with Crippen LogP contribution in [0.15, 0.2) is 67.0 Å². The van der Waals surface area contributed by atoms with Gasteiger partial charge in [-0.15, -0.1) is 0 Å². The molecule has 1 unspecified atom stereocenters. The Balaban J connectivity index is 1.66. The monoisotopic (exact) mass is 468 g/mol. The van der Waals surface area contributed by atoms with Crippen LogP contribution in [0.1, 0.15) is 24.2 Å². The van der Waals surface area contributed by atoms with Crippen molar-refractivity contribution >= 4 is 34.8 Å². The second-order valence-electron chi connectivity index (χ2n) is 7.42. The zero-order valence-corrected chi connectivity index (χ0v) is 18.6. The van der Waals surface area contributed by atoms with Crippen LogP contribution in [-0.2, 0) is 4.79 Å². The Morgan fingerprint density at radius 2 is 1.67 bits per heavy atom. The van der Waals surface area contributed by atoms with Gasteiger partial charge in [0.05, 0.1) is 15.5 Å². The average molecular weight is 469 g/mol. The number of nitro groups is 1. The van der Waals surface area contributed by atoms with Crippen LogP contribution in [0.4, 0.5) is 11.4 Å². The maximum Gasteiger partial charge on any atom is 0.270 e. The number of pyridine rings is 1. The number of carbonyl (C=O) groups excluding carboxylic acids is 2. The molecule has 3 rings (SSSR count). The van der Waals surface area contributed by atoms with Gasteiger partial charge in [-0.05, 0) is 48.4 Å². The van der Waals surface area contributed by atoms with Gasteiger partial charge in [0.15, 0.2) is 0 Å². The molecule has 0 aliphatic carbocycles. The summed E-state index contributed by atoms with van der Waals surface area (Å²) in [6.07, 6.45) is 3.24. The molecule has 2 N–H and O–H groups in total. The molecule has 170 valence electrons. The molecule has 10 heteroatoms. The first-order chi connectivity index (χ1) is 15.7. The van der Waals surface area contributed by atoms with Crippen LogP contribution in [0.25, 0.3) is 0 Å². The second kappa shape index (κ2) is 10.6. The van der Waals surface area contributed by atoms with E-state index in [-0.39, 0.29) is 22.2 Å². The molecule has 0 bridgehead atoms. The van der Waals surface area contributed by atoms with Gasteiger partial charge in [-0.25, -0.2) is 0 Å². The second-order valence-corrected chi connectivity index (χ2v) is 7.82. The number of non-ortho nitro benzene ring substituents is 1. The molecule has 0 saturated carbocycles. The van der Waals surface area contributed by atoms with Crippen LogP contribution < -0.4 is 15.4 Å². The number of rotatable bonds is 8. The molecule has 0 radical (unpaired) electrons. The fraction of sp³-hybridized carbons (Fsp3) is 0.174. The van der Waals surface area contributed by atoms with Crippen LogP contribution in [0.2, 0.25) is 5.02 Å². The SMILES string of the molecule is CC(C)C(NC(=O)c1ccc([N+](=O)[O-])cc1Cl)C(=O)Nc1ccc(Oc2ccncc2)cc1. The highest BCUT2D eigenvalue weighted by Gasteiger charge is 2.26. The Morgan fingerprint density at radius 1 is 1.03 bits per heavy atom. The highest BCUT2D eigenvalue weighted by Crippen LogP contribution is 2.24. The lowest BCUT2D eigenvalue weighted by molar-refractivity contribution is -0.384. The Bertz CT molecular complexity index is 1150. The molecule has 0 spiro atoms. The van der Waals surface area contributed by atoms with Crippen molar-refractivity contribution in [1.29, 1.82) is 0 Å². The summed E-state index contributed by atoms with van der Waals surface area (Å²) < 4.78 is 5.70. The molecule has 2 amide bonds. The van der Waals surface area contributed by atoms with Crippen LogP contribution >= 0.6 is 11.6 Å². The van der Waals surface area contributed by atoms with E-state index in [2.05, 4.69) is 15.6 Å². The molecule has 0 fully saturated rings. The first-order valence-corrected chi connectivity index (χ1v) is 10.4. The Morgan fingerprint density at radius 3 is 2.24 bits per heavy atom. The van der Waals surface area contributed by atoms with E-state index >= 15 is 0 Å². The van der Waals surface area contributed by atoms with Gasteiger partial charge < -0.3 is 15.4 Å². The van der Waals surface area contributed by atoms with Crippen molar-refractivity contribution in [2.24, 2.45) is 5.92 Å². The molecule has 3 aromatic rings. The molecule has 1 atom stereocenters. The van der Waals surface area contributed by atoms with Gasteiger partial charge in [-0.2, -0.15) is 0 Å². The summed E-state index contributed by atoms with van der Waals surface area (Å²) in [6.45, 7) is 3.57. The number of hydrogen-bond acceptors (Lipinski definition) is 6. The van der Waals surface area contributed by atoms with Crippen molar-refractivity contribution in [3.8, 4) is 11.5 Å². The molecule has 0 aliphatic rings. The Labute approximate surface area is 194 Å². The van der Waals surface area contributed by atoms with Gasteiger partial charge in [0, 0.05) is 30.2 Å². The number of ether oxygens (including phenoxy) is 1. The molecular formula is C23H21ClN4O5. The number of aromatic nitrogens is 1. The fourth-order valence-corrected chi connectivity index (χ4v) is 3.18. The number of hydrogen-bond donors (Lipinski definition) is 2. The standard InChI is InChI=1S/C23H21ClN4O5/c1-14(2)21(27-22(29)19-8-5-16(28(31)32)13-20(19)24)23(30)26-15-3-6-17(7-4-15)33-18-9-11-25-12-10-18/h3-14,21H,1-2H3,(H,26,30)(H,27,29). The quantitative estimate of drug-likeness (QED) is 0.360. The largest absolute Gasteiger partial charge is 0.457 e. The van der Waals surface area contributed by atoms with Crippen molar-refractivity contribution in [3.05, 3.63) is 87.7 Å². The van der Waals surface area contributed by atoms with Crippen LogP contribution in [0.5, 0.6) is 11.5 Å². The Hall–Kier alpha value is -3.98. The van der Waals surface area contributed by atoms with E-state index < -0.39 is 22.8 Å². The van der Waals surface area contributed by atoms with E-state index in [1.54, 1.807) is 62.6 Å². The minimum Gasteiger partial charge on any atom is -0.457 e. The normalized spacial score (nSPS) is 11.5. The molecule has 9 nitrogen and oxygen atoms in total. The summed E-state index contributed by atoms with van der Waals surface area (Å²) in [5.41, 5.74) is 0.333. The first kappa shape index (κ1) is 23.7. The third-order valence-electron chi connectivity index (χ3n) is 4.65. The van der Waals surface area contributed by atoms with Gasteiger partial charge in [0.25, 0.3) is 11.6 Å². The van der Waals surface area contributed by atoms with Gasteiger partial charge in [0.2, 0.25) is 5.91 Å². The summed E-state index contributed by atoms with van der Waals surface area (Å²) in [7, 11) is 0. The smallest absolute Gasteiger partial charge is 0.270 e. The minimum atomic E-state index is -0.864. The average Bonchev–Trinajstić information content (AvgIpc) is 2.78. The zero-order chi connectivity index (χ0) is 24.0. The number of nitro benzene ring substituents is 1. The number of carbonyl (C=O) groups is 2. The predicted octanol–water partition coefficient (Wildman–Crippen LogP) is 4.83. The topological polar surface area (TPSA) is 123 Å². The van der Waals surface area contributed by atoms with E-state index in [0.717, 1.165) is 6.07 Å². The molecule has 2 aromatic carbocycles. The van der Waals surface area contributed by atoms with Gasteiger partial charge in [-0.3, -0.25) is 24.7 Å². The van der Waals surface area contributed by atoms with E-state index in [9.17, 15) is 19.7 Å². The summed E-state index contributed by atoms with van der Waals surface area (Å²) in [6, 6.07) is 12.9. The lowest BCUT2D eigenvalue weighted by Gasteiger charge is -2.22. The third kappa shape index (κ3) is 6.27. The summed E-state index contributed by atoms with van der Waals surface area (Å²) >= 11 is 6.03. The maximum absolute atomic E-state index is 12.8. The molecule has 0 saturated heterocycles. The van der Waals surface area contributed by atoms with Gasteiger partial charge >= 0.3 is 0 Å². The van der Waals surface area contributed by atoms with Crippen LogP contribution in [0, 0.1) is 16.0 Å². The van der Waals surface area contributed by atoms with Gasteiger partial charge in [-0.1, -0.05) is 25.4 Å². The van der Waals surface area contributed by atoms with Crippen LogP contribution in [-0.4, -0.2) is 27.8 Å². The molecular weight excluding hydrogens is 448 g/mol. The van der Waals surface area contributed by atoms with Crippen molar-refractivity contribution in [2.45, 2.75) is 19.9 Å². The number of halogens is 1. The Kier molecular flexibility index (Phi) is 7.57. The van der Waals surface area contributed by atoms with E-state index in [1.807, 2.05) is 0 Å². The molecule has 33 heavy (non-hydrogen) atoms. The zero-order valence-electron chi connectivity index (χ0n) is 17.8. The number of anilines is 1. The minimum absolute atomic E-state index is 0.0401. The highest BCUT2D eigenvalue weighted by atomic mass is 35.5. The number of nitrogens with one attached hydrogen (secondary N) is 2. The predicted molar refractivity (Wildman–Crippen MR) is 124 cm³/mol. The lowest BCUT2D eigenvalue weighted by atomic mass is 10.0. The number of amides is 2. The van der Waals surface area contributed by atoms with Crippen LogP contribution in [0.3, 0.4) is 0 Å². The number of benzene rings is 2. The highest BCUT2D eigenvalue weighted by molar-refractivity contribution is 6.34. The van der Waals surface area contributed by atoms with Crippen molar-refractivity contribution in [2.75, 3.05) is 5.32 Å².